The zero-order chi connectivity index (χ0) is 11.9. The highest BCUT2D eigenvalue weighted by atomic mass is 35.5. The molecule has 16 heavy (non-hydrogen) atoms. The Hall–Kier alpha value is -1.82. The second-order valence-electron chi connectivity index (χ2n) is 3.27. The van der Waals surface area contributed by atoms with Crippen LogP contribution < -0.4 is 0 Å². The van der Waals surface area contributed by atoms with Gasteiger partial charge in [-0.1, -0.05) is 16.8 Å². The van der Waals surface area contributed by atoms with E-state index in [1.165, 1.54) is 4.68 Å². The normalized spacial score (nSPS) is 10.7. The molecule has 0 aliphatic heterocycles. The van der Waals surface area contributed by atoms with E-state index in [0.717, 1.165) is 0 Å². The lowest BCUT2D eigenvalue weighted by molar-refractivity contribution is 0.0698. The van der Waals surface area contributed by atoms with E-state index in [-0.39, 0.29) is 16.4 Å². The molecule has 0 amide bonds. The number of halogens is 1. The average Bonchev–Trinajstić information content (AvgIpc) is 2.73. The molecule has 0 aliphatic rings. The molecule has 0 fully saturated rings. The number of carboxylic acids is 1. The van der Waals surface area contributed by atoms with Gasteiger partial charge in [-0.25, -0.2) is 4.79 Å². The van der Waals surface area contributed by atoms with Crippen LogP contribution in [-0.4, -0.2) is 26.0 Å². The van der Waals surface area contributed by atoms with E-state index in [1.807, 2.05) is 0 Å². The number of hydrogen-bond donors (Lipinski definition) is 1. The highest BCUT2D eigenvalue weighted by Crippen LogP contribution is 2.27. The zero-order valence-electron chi connectivity index (χ0n) is 8.56. The third-order valence-electron chi connectivity index (χ3n) is 2.06. The summed E-state index contributed by atoms with van der Waals surface area (Å²) in [7, 11) is 1.56. The van der Waals surface area contributed by atoms with Crippen LogP contribution >= 0.6 is 11.6 Å². The van der Waals surface area contributed by atoms with Crippen molar-refractivity contribution in [3.63, 3.8) is 0 Å². The summed E-state index contributed by atoms with van der Waals surface area (Å²) in [6, 6.07) is 1.60. The largest absolute Gasteiger partial charge is 0.477 e. The molecule has 2 heterocycles. The lowest BCUT2D eigenvalue weighted by Gasteiger charge is -1.92. The molecule has 0 bridgehead atoms. The molecule has 0 aromatic carbocycles. The van der Waals surface area contributed by atoms with E-state index in [2.05, 4.69) is 10.3 Å². The van der Waals surface area contributed by atoms with Crippen LogP contribution in [0.1, 0.15) is 16.1 Å². The minimum absolute atomic E-state index is 0.0585. The summed E-state index contributed by atoms with van der Waals surface area (Å²) in [5.74, 6) is -0.568. The number of aromatic nitrogens is 3. The molecule has 0 spiro atoms. The fourth-order valence-corrected chi connectivity index (χ4v) is 1.56. The topological polar surface area (TPSA) is 81.2 Å². The Bertz CT molecular complexity index is 558. The van der Waals surface area contributed by atoms with Gasteiger partial charge in [0.05, 0.1) is 0 Å². The molecular formula is C9H8ClN3O3. The first-order valence-corrected chi connectivity index (χ1v) is 4.78. The summed E-state index contributed by atoms with van der Waals surface area (Å²) in [4.78, 5) is 11.0. The fraction of sp³-hybridized carbons (Fsp3) is 0.222. The van der Waals surface area contributed by atoms with E-state index >= 15 is 0 Å². The number of aryl methyl sites for hydroxylation is 2. The van der Waals surface area contributed by atoms with Gasteiger partial charge in [-0.15, -0.1) is 0 Å². The standard InChI is InChI=1S/C9H8ClN3O3/c1-4-3-5(12-16-4)7-6(9(14)15)8(10)13(2)11-7/h3H,1-2H3,(H,14,15). The number of rotatable bonds is 2. The van der Waals surface area contributed by atoms with Gasteiger partial charge in [-0.05, 0) is 6.92 Å². The van der Waals surface area contributed by atoms with Crippen molar-refractivity contribution in [1.29, 1.82) is 0 Å². The molecule has 84 valence electrons. The van der Waals surface area contributed by atoms with Crippen LogP contribution in [-0.2, 0) is 7.05 Å². The van der Waals surface area contributed by atoms with Gasteiger partial charge in [-0.2, -0.15) is 5.10 Å². The monoisotopic (exact) mass is 241 g/mol. The van der Waals surface area contributed by atoms with Crippen molar-refractivity contribution in [2.45, 2.75) is 6.92 Å². The predicted molar refractivity (Wildman–Crippen MR) is 55.4 cm³/mol. The van der Waals surface area contributed by atoms with Crippen molar-refractivity contribution in [3.05, 3.63) is 22.5 Å². The van der Waals surface area contributed by atoms with Gasteiger partial charge in [0.25, 0.3) is 0 Å². The van der Waals surface area contributed by atoms with Gasteiger partial charge in [0.15, 0.2) is 0 Å². The van der Waals surface area contributed by atoms with Crippen molar-refractivity contribution < 1.29 is 14.4 Å². The van der Waals surface area contributed by atoms with E-state index < -0.39 is 5.97 Å². The summed E-state index contributed by atoms with van der Waals surface area (Å²) < 4.78 is 6.15. The maximum absolute atomic E-state index is 11.0. The first-order valence-electron chi connectivity index (χ1n) is 4.40. The number of nitrogens with zero attached hydrogens (tertiary/aromatic N) is 3. The van der Waals surface area contributed by atoms with Gasteiger partial charge in [0, 0.05) is 13.1 Å². The van der Waals surface area contributed by atoms with E-state index in [4.69, 9.17) is 21.2 Å². The van der Waals surface area contributed by atoms with Crippen LogP contribution in [0.25, 0.3) is 11.4 Å². The van der Waals surface area contributed by atoms with Gasteiger partial charge < -0.3 is 9.63 Å². The molecule has 2 aromatic heterocycles. The average molecular weight is 242 g/mol. The molecule has 0 atom stereocenters. The van der Waals surface area contributed by atoms with Crippen LogP contribution in [0.2, 0.25) is 5.15 Å². The highest BCUT2D eigenvalue weighted by Gasteiger charge is 2.24. The highest BCUT2D eigenvalue weighted by molar-refractivity contribution is 6.33. The van der Waals surface area contributed by atoms with Crippen LogP contribution in [0, 0.1) is 6.92 Å². The molecule has 0 aliphatic carbocycles. The van der Waals surface area contributed by atoms with Crippen LogP contribution in [0.3, 0.4) is 0 Å². The van der Waals surface area contributed by atoms with Crippen LogP contribution in [0.15, 0.2) is 10.6 Å². The Morgan fingerprint density at radius 3 is 2.81 bits per heavy atom. The van der Waals surface area contributed by atoms with Crippen LogP contribution in [0.4, 0.5) is 0 Å². The van der Waals surface area contributed by atoms with Crippen molar-refractivity contribution in [2.75, 3.05) is 0 Å². The minimum atomic E-state index is -1.14. The first-order chi connectivity index (χ1) is 7.50. The van der Waals surface area contributed by atoms with E-state index in [0.29, 0.717) is 11.5 Å². The Labute approximate surface area is 95.4 Å². The SMILES string of the molecule is Cc1cc(-c2nn(C)c(Cl)c2C(=O)O)no1. The zero-order valence-corrected chi connectivity index (χ0v) is 9.32. The number of carboxylic acid groups (broad SMARTS) is 1. The molecule has 0 saturated heterocycles. The Balaban J connectivity index is 2.65. The summed E-state index contributed by atoms with van der Waals surface area (Å²) >= 11 is 5.83. The van der Waals surface area contributed by atoms with Crippen molar-refractivity contribution in [1.82, 2.24) is 14.9 Å². The van der Waals surface area contributed by atoms with Crippen molar-refractivity contribution in [3.8, 4) is 11.4 Å². The maximum atomic E-state index is 11.0. The second-order valence-corrected chi connectivity index (χ2v) is 3.62. The lowest BCUT2D eigenvalue weighted by atomic mass is 10.2. The first kappa shape index (κ1) is 10.7. The molecular weight excluding hydrogens is 234 g/mol. The van der Waals surface area contributed by atoms with Crippen LogP contribution in [0.5, 0.6) is 0 Å². The van der Waals surface area contributed by atoms with Gasteiger partial charge >= 0.3 is 5.97 Å². The quantitative estimate of drug-likeness (QED) is 0.866. The summed E-state index contributed by atoms with van der Waals surface area (Å²) in [5.41, 5.74) is 0.492. The second kappa shape index (κ2) is 3.64. The molecule has 6 nitrogen and oxygen atoms in total. The summed E-state index contributed by atoms with van der Waals surface area (Å²) in [6.07, 6.45) is 0. The van der Waals surface area contributed by atoms with Gasteiger partial charge in [-0.3, -0.25) is 4.68 Å². The molecule has 1 N–H and O–H groups in total. The smallest absolute Gasteiger partial charge is 0.341 e. The fourth-order valence-electron chi connectivity index (χ4n) is 1.35. The molecule has 2 rings (SSSR count). The summed E-state index contributed by atoms with van der Waals surface area (Å²) in [5, 5.41) is 16.8. The van der Waals surface area contributed by atoms with Crippen molar-refractivity contribution >= 4 is 17.6 Å². The molecule has 0 unspecified atom stereocenters. The molecule has 0 radical (unpaired) electrons. The molecule has 2 aromatic rings. The minimum Gasteiger partial charge on any atom is -0.477 e. The third kappa shape index (κ3) is 1.57. The summed E-state index contributed by atoms with van der Waals surface area (Å²) in [6.45, 7) is 1.71. The van der Waals surface area contributed by atoms with Crippen molar-refractivity contribution in [2.24, 2.45) is 7.05 Å². The van der Waals surface area contributed by atoms with E-state index in [1.54, 1.807) is 20.0 Å². The molecule has 7 heteroatoms. The number of hydrogen-bond acceptors (Lipinski definition) is 4. The molecule has 0 saturated carbocycles. The van der Waals surface area contributed by atoms with Gasteiger partial charge in [0.1, 0.15) is 27.9 Å². The van der Waals surface area contributed by atoms with E-state index in [9.17, 15) is 4.79 Å². The predicted octanol–water partition coefficient (Wildman–Crippen LogP) is 1.74. The lowest BCUT2D eigenvalue weighted by Crippen LogP contribution is -1.98. The maximum Gasteiger partial charge on any atom is 0.341 e. The number of carbonyl (C=O) groups is 1. The Morgan fingerprint density at radius 1 is 1.62 bits per heavy atom. The third-order valence-corrected chi connectivity index (χ3v) is 2.50. The Kier molecular flexibility index (Phi) is 2.43. The van der Waals surface area contributed by atoms with Gasteiger partial charge in [0.2, 0.25) is 0 Å². The Morgan fingerprint density at radius 2 is 2.31 bits per heavy atom. The number of aromatic carboxylic acids is 1.